The van der Waals surface area contributed by atoms with Gasteiger partial charge in [0.25, 0.3) is 0 Å². The molecule has 0 aliphatic carbocycles. The van der Waals surface area contributed by atoms with E-state index >= 15 is 0 Å². The number of carboxylic acids is 1. The number of aliphatic carboxylic acids is 1. The van der Waals surface area contributed by atoms with Crippen LogP contribution in [0.2, 0.25) is 0 Å². The van der Waals surface area contributed by atoms with Gasteiger partial charge in [0.15, 0.2) is 0 Å². The molecule has 2 aromatic rings. The molecule has 1 amide bonds. The van der Waals surface area contributed by atoms with Gasteiger partial charge in [0.1, 0.15) is 12.6 Å². The van der Waals surface area contributed by atoms with E-state index in [1.807, 2.05) is 30.3 Å². The number of anilines is 1. The Balaban J connectivity index is 2.10. The van der Waals surface area contributed by atoms with Gasteiger partial charge in [-0.15, -0.1) is 0 Å². The van der Waals surface area contributed by atoms with Gasteiger partial charge in [-0.2, -0.15) is 11.3 Å². The zero-order valence-corrected chi connectivity index (χ0v) is 12.2. The first-order valence-electron chi connectivity index (χ1n) is 6.34. The van der Waals surface area contributed by atoms with Crippen LogP contribution in [0.3, 0.4) is 0 Å². The Labute approximate surface area is 126 Å². The molecule has 1 aromatic carbocycles. The lowest BCUT2D eigenvalue weighted by molar-refractivity contribution is -0.138. The van der Waals surface area contributed by atoms with Crippen LogP contribution in [0.5, 0.6) is 0 Å². The molecule has 110 valence electrons. The molecular formula is C15H15NO4S. The number of carbonyl (C=O) groups is 2. The maximum Gasteiger partial charge on any atom is 0.415 e. The predicted octanol–water partition coefficient (Wildman–Crippen LogP) is 3.36. The van der Waals surface area contributed by atoms with Crippen LogP contribution in [0.1, 0.15) is 12.5 Å². The molecule has 6 heteroatoms. The number of nitrogens with zero attached hydrogens (tertiary/aromatic N) is 1. The van der Waals surface area contributed by atoms with Crippen LogP contribution in [0, 0.1) is 0 Å². The molecule has 0 bridgehead atoms. The number of ether oxygens (including phenoxy) is 1. The van der Waals surface area contributed by atoms with Gasteiger partial charge < -0.3 is 9.84 Å². The molecule has 0 aliphatic rings. The van der Waals surface area contributed by atoms with E-state index in [2.05, 4.69) is 0 Å². The average molecular weight is 305 g/mol. The third-order valence-corrected chi connectivity index (χ3v) is 3.60. The fraction of sp³-hybridized carbons (Fsp3) is 0.200. The van der Waals surface area contributed by atoms with Crippen molar-refractivity contribution in [3.05, 3.63) is 52.7 Å². The van der Waals surface area contributed by atoms with Crippen molar-refractivity contribution in [1.82, 2.24) is 0 Å². The van der Waals surface area contributed by atoms with E-state index in [-0.39, 0.29) is 6.61 Å². The number of benzene rings is 1. The number of rotatable bonds is 5. The summed E-state index contributed by atoms with van der Waals surface area (Å²) in [6.07, 6.45) is -0.674. The SMILES string of the molecule is CC(C(=O)O)N(C(=O)OCc1ccccc1)c1ccsc1. The normalized spacial score (nSPS) is 11.7. The van der Waals surface area contributed by atoms with Crippen molar-refractivity contribution in [1.29, 1.82) is 0 Å². The molecule has 0 saturated carbocycles. The van der Waals surface area contributed by atoms with Crippen LogP contribution in [0.15, 0.2) is 47.2 Å². The van der Waals surface area contributed by atoms with Crippen molar-refractivity contribution < 1.29 is 19.4 Å². The van der Waals surface area contributed by atoms with Crippen LogP contribution < -0.4 is 4.90 Å². The Morgan fingerprint density at radius 3 is 2.57 bits per heavy atom. The van der Waals surface area contributed by atoms with Crippen molar-refractivity contribution in [2.45, 2.75) is 19.6 Å². The molecule has 0 spiro atoms. The summed E-state index contributed by atoms with van der Waals surface area (Å²) in [5.74, 6) is -1.09. The van der Waals surface area contributed by atoms with Crippen LogP contribution in [0.4, 0.5) is 10.5 Å². The van der Waals surface area contributed by atoms with Crippen molar-refractivity contribution >= 4 is 29.1 Å². The predicted molar refractivity (Wildman–Crippen MR) is 80.5 cm³/mol. The molecule has 1 N–H and O–H groups in total. The zero-order chi connectivity index (χ0) is 15.2. The molecule has 0 aliphatic heterocycles. The van der Waals surface area contributed by atoms with Crippen LogP contribution in [-0.4, -0.2) is 23.2 Å². The summed E-state index contributed by atoms with van der Waals surface area (Å²) in [6.45, 7) is 1.55. The highest BCUT2D eigenvalue weighted by Crippen LogP contribution is 2.22. The van der Waals surface area contributed by atoms with Gasteiger partial charge in [0.05, 0.1) is 5.69 Å². The first-order chi connectivity index (χ1) is 10.1. The number of carboxylic acid groups (broad SMARTS) is 1. The van der Waals surface area contributed by atoms with E-state index < -0.39 is 18.1 Å². The van der Waals surface area contributed by atoms with E-state index in [1.54, 1.807) is 16.8 Å². The second kappa shape index (κ2) is 6.90. The number of hydrogen-bond donors (Lipinski definition) is 1. The van der Waals surface area contributed by atoms with Gasteiger partial charge in [0, 0.05) is 5.38 Å². The van der Waals surface area contributed by atoms with Gasteiger partial charge in [-0.3, -0.25) is 4.90 Å². The highest BCUT2D eigenvalue weighted by atomic mass is 32.1. The standard InChI is InChI=1S/C15H15NO4S/c1-11(14(17)18)16(13-7-8-21-10-13)15(19)20-9-12-5-3-2-4-6-12/h2-8,10-11H,9H2,1H3,(H,17,18). The summed E-state index contributed by atoms with van der Waals surface area (Å²) in [4.78, 5) is 24.5. The Bertz CT molecular complexity index is 597. The lowest BCUT2D eigenvalue weighted by Crippen LogP contribution is -2.43. The lowest BCUT2D eigenvalue weighted by atomic mass is 10.2. The number of amides is 1. The largest absolute Gasteiger partial charge is 0.480 e. The summed E-state index contributed by atoms with van der Waals surface area (Å²) in [7, 11) is 0. The Kier molecular flexibility index (Phi) is 4.94. The van der Waals surface area contributed by atoms with E-state index in [1.165, 1.54) is 18.3 Å². The number of hydrogen-bond acceptors (Lipinski definition) is 4. The smallest absolute Gasteiger partial charge is 0.415 e. The third-order valence-electron chi connectivity index (χ3n) is 2.93. The lowest BCUT2D eigenvalue weighted by Gasteiger charge is -2.24. The third kappa shape index (κ3) is 3.82. The summed E-state index contributed by atoms with van der Waals surface area (Å²) in [5, 5.41) is 12.6. The molecule has 5 nitrogen and oxygen atoms in total. The highest BCUT2D eigenvalue weighted by Gasteiger charge is 2.28. The fourth-order valence-corrected chi connectivity index (χ4v) is 2.41. The Morgan fingerprint density at radius 2 is 2.00 bits per heavy atom. The van der Waals surface area contributed by atoms with Crippen molar-refractivity contribution in [2.75, 3.05) is 4.90 Å². The maximum atomic E-state index is 12.2. The van der Waals surface area contributed by atoms with Crippen molar-refractivity contribution in [2.24, 2.45) is 0 Å². The zero-order valence-electron chi connectivity index (χ0n) is 11.4. The molecule has 1 atom stereocenters. The van der Waals surface area contributed by atoms with Crippen LogP contribution in [0.25, 0.3) is 0 Å². The van der Waals surface area contributed by atoms with Gasteiger partial charge in [0.2, 0.25) is 0 Å². The first kappa shape index (κ1) is 15.1. The second-order valence-electron chi connectivity index (χ2n) is 4.41. The number of carbonyl (C=O) groups excluding carboxylic acids is 1. The molecule has 0 radical (unpaired) electrons. The average Bonchev–Trinajstić information content (AvgIpc) is 3.00. The molecule has 0 saturated heterocycles. The molecule has 21 heavy (non-hydrogen) atoms. The summed E-state index contributed by atoms with van der Waals surface area (Å²) < 4.78 is 5.21. The minimum absolute atomic E-state index is 0.104. The van der Waals surface area contributed by atoms with Crippen molar-refractivity contribution in [3.8, 4) is 0 Å². The monoisotopic (exact) mass is 305 g/mol. The Morgan fingerprint density at radius 1 is 1.29 bits per heavy atom. The highest BCUT2D eigenvalue weighted by molar-refractivity contribution is 7.08. The quantitative estimate of drug-likeness (QED) is 0.919. The van der Waals surface area contributed by atoms with Crippen LogP contribution in [-0.2, 0) is 16.1 Å². The van der Waals surface area contributed by atoms with E-state index in [0.717, 1.165) is 10.5 Å². The molecule has 1 heterocycles. The second-order valence-corrected chi connectivity index (χ2v) is 5.19. The first-order valence-corrected chi connectivity index (χ1v) is 7.29. The fourth-order valence-electron chi connectivity index (χ4n) is 1.78. The molecular weight excluding hydrogens is 290 g/mol. The van der Waals surface area contributed by atoms with E-state index in [9.17, 15) is 9.59 Å². The molecule has 1 unspecified atom stereocenters. The van der Waals surface area contributed by atoms with Crippen molar-refractivity contribution in [3.63, 3.8) is 0 Å². The van der Waals surface area contributed by atoms with E-state index in [4.69, 9.17) is 9.84 Å². The minimum atomic E-state index is -1.09. The van der Waals surface area contributed by atoms with Gasteiger partial charge >= 0.3 is 12.1 Å². The van der Waals surface area contributed by atoms with Gasteiger partial charge in [-0.1, -0.05) is 30.3 Å². The topological polar surface area (TPSA) is 66.8 Å². The maximum absolute atomic E-state index is 12.2. The number of thiophene rings is 1. The minimum Gasteiger partial charge on any atom is -0.480 e. The van der Waals surface area contributed by atoms with E-state index in [0.29, 0.717) is 5.69 Å². The molecule has 0 fully saturated rings. The summed E-state index contributed by atoms with van der Waals surface area (Å²) >= 11 is 1.39. The Hall–Kier alpha value is -2.34. The van der Waals surface area contributed by atoms with Gasteiger partial charge in [-0.05, 0) is 23.9 Å². The molecule has 1 aromatic heterocycles. The summed E-state index contributed by atoms with van der Waals surface area (Å²) in [5.41, 5.74) is 1.37. The van der Waals surface area contributed by atoms with Crippen LogP contribution >= 0.6 is 11.3 Å². The summed E-state index contributed by atoms with van der Waals surface area (Å²) in [6, 6.07) is 9.93. The van der Waals surface area contributed by atoms with Gasteiger partial charge in [-0.25, -0.2) is 9.59 Å². The molecule has 2 rings (SSSR count).